The van der Waals surface area contributed by atoms with Crippen LogP contribution in [0, 0.1) is 13.0 Å². The largest absolute Gasteiger partial charge is 0.459 e. The summed E-state index contributed by atoms with van der Waals surface area (Å²) in [6.07, 6.45) is 3.82. The van der Waals surface area contributed by atoms with Gasteiger partial charge in [-0.25, -0.2) is 0 Å². The number of rotatable bonds is 3. The van der Waals surface area contributed by atoms with Crippen molar-refractivity contribution in [3.63, 3.8) is 0 Å². The minimum Gasteiger partial charge on any atom is -0.459 e. The van der Waals surface area contributed by atoms with E-state index in [4.69, 9.17) is 4.74 Å². The molecule has 1 saturated heterocycles. The van der Waals surface area contributed by atoms with Crippen molar-refractivity contribution in [1.29, 1.82) is 0 Å². The molecule has 0 saturated carbocycles. The SMILES string of the molecule is [CH2-]N1CCC(CCOC)CC1. The number of hydrogen-bond acceptors (Lipinski definition) is 2. The van der Waals surface area contributed by atoms with E-state index in [-0.39, 0.29) is 0 Å². The van der Waals surface area contributed by atoms with Gasteiger partial charge in [0.2, 0.25) is 0 Å². The molecule has 0 spiro atoms. The van der Waals surface area contributed by atoms with Gasteiger partial charge in [-0.15, -0.1) is 0 Å². The van der Waals surface area contributed by atoms with Gasteiger partial charge in [0.1, 0.15) is 0 Å². The first-order valence-electron chi connectivity index (χ1n) is 4.37. The molecule has 11 heavy (non-hydrogen) atoms. The molecule has 0 unspecified atom stereocenters. The van der Waals surface area contributed by atoms with Gasteiger partial charge in [0.05, 0.1) is 0 Å². The Balaban J connectivity index is 2.07. The van der Waals surface area contributed by atoms with Crippen molar-refractivity contribution in [2.75, 3.05) is 26.8 Å². The van der Waals surface area contributed by atoms with Crippen LogP contribution in [-0.2, 0) is 4.74 Å². The maximum atomic E-state index is 5.04. The molecule has 0 bridgehead atoms. The second kappa shape index (κ2) is 4.73. The molecule has 0 radical (unpaired) electrons. The molecule has 0 amide bonds. The zero-order valence-electron chi connectivity index (χ0n) is 7.38. The quantitative estimate of drug-likeness (QED) is 0.574. The van der Waals surface area contributed by atoms with E-state index in [0.29, 0.717) is 0 Å². The molecule has 1 aliphatic heterocycles. The highest BCUT2D eigenvalue weighted by molar-refractivity contribution is 4.71. The summed E-state index contributed by atoms with van der Waals surface area (Å²) in [7, 11) is 5.69. The highest BCUT2D eigenvalue weighted by Crippen LogP contribution is 2.19. The van der Waals surface area contributed by atoms with Crippen LogP contribution in [0.4, 0.5) is 0 Å². The number of nitrogens with zero attached hydrogens (tertiary/aromatic N) is 1. The van der Waals surface area contributed by atoms with Gasteiger partial charge < -0.3 is 9.64 Å². The molecule has 0 atom stereocenters. The third-order valence-corrected chi connectivity index (χ3v) is 2.44. The van der Waals surface area contributed by atoms with Crippen molar-refractivity contribution in [1.82, 2.24) is 4.90 Å². The third-order valence-electron chi connectivity index (χ3n) is 2.44. The van der Waals surface area contributed by atoms with Crippen molar-refractivity contribution in [2.45, 2.75) is 19.3 Å². The topological polar surface area (TPSA) is 12.5 Å². The molecule has 0 aromatic heterocycles. The molecule has 1 fully saturated rings. The molecule has 1 rings (SSSR count). The Bertz CT molecular complexity index is 95.0. The summed E-state index contributed by atoms with van der Waals surface area (Å²) >= 11 is 0. The highest BCUT2D eigenvalue weighted by Gasteiger charge is 2.12. The molecule has 0 aromatic carbocycles. The van der Waals surface area contributed by atoms with Crippen LogP contribution in [0.1, 0.15) is 19.3 Å². The lowest BCUT2D eigenvalue weighted by molar-refractivity contribution is 0.151. The van der Waals surface area contributed by atoms with E-state index in [9.17, 15) is 0 Å². The van der Waals surface area contributed by atoms with Crippen LogP contribution in [0.5, 0.6) is 0 Å². The fraction of sp³-hybridized carbons (Fsp3) is 0.889. The van der Waals surface area contributed by atoms with Gasteiger partial charge in [-0.2, -0.15) is 0 Å². The first kappa shape index (κ1) is 9.01. The van der Waals surface area contributed by atoms with Crippen LogP contribution in [0.25, 0.3) is 0 Å². The fourth-order valence-corrected chi connectivity index (χ4v) is 1.56. The Kier molecular flexibility index (Phi) is 3.87. The maximum absolute atomic E-state index is 5.04. The van der Waals surface area contributed by atoms with Crippen molar-refractivity contribution in [3.05, 3.63) is 7.05 Å². The molecule has 0 aromatic rings. The molecule has 2 nitrogen and oxygen atoms in total. The minimum atomic E-state index is 0.882. The van der Waals surface area contributed by atoms with Gasteiger partial charge in [0, 0.05) is 13.7 Å². The number of hydrogen-bond donors (Lipinski definition) is 0. The van der Waals surface area contributed by atoms with Crippen LogP contribution in [-0.4, -0.2) is 31.7 Å². The van der Waals surface area contributed by atoms with Crippen LogP contribution in [0.3, 0.4) is 0 Å². The van der Waals surface area contributed by atoms with E-state index >= 15 is 0 Å². The Hall–Kier alpha value is -0.0800. The van der Waals surface area contributed by atoms with Crippen molar-refractivity contribution < 1.29 is 4.74 Å². The van der Waals surface area contributed by atoms with Gasteiger partial charge in [0.15, 0.2) is 0 Å². The van der Waals surface area contributed by atoms with E-state index in [1.165, 1.54) is 19.3 Å². The zero-order chi connectivity index (χ0) is 8.10. The summed E-state index contributed by atoms with van der Waals surface area (Å²) in [5.74, 6) is 0.882. The molecule has 66 valence electrons. The molecule has 1 aliphatic rings. The number of piperidine rings is 1. The van der Waals surface area contributed by atoms with Crippen LogP contribution < -0.4 is 0 Å². The summed E-state index contributed by atoms with van der Waals surface area (Å²) in [5.41, 5.74) is 0. The zero-order valence-corrected chi connectivity index (χ0v) is 7.38. The van der Waals surface area contributed by atoms with Gasteiger partial charge in [-0.3, -0.25) is 7.05 Å². The average Bonchev–Trinajstić information content (AvgIpc) is 2.04. The van der Waals surface area contributed by atoms with E-state index in [1.54, 1.807) is 7.11 Å². The smallest absolute Gasteiger partial charge is 0.0464 e. The maximum Gasteiger partial charge on any atom is 0.0464 e. The van der Waals surface area contributed by atoms with E-state index in [1.807, 2.05) is 0 Å². The second-order valence-electron chi connectivity index (χ2n) is 3.34. The Morgan fingerprint density at radius 3 is 2.64 bits per heavy atom. The molecule has 0 aliphatic carbocycles. The van der Waals surface area contributed by atoms with Gasteiger partial charge >= 0.3 is 0 Å². The summed E-state index contributed by atoms with van der Waals surface area (Å²) in [6, 6.07) is 0. The summed E-state index contributed by atoms with van der Waals surface area (Å²) in [4.78, 5) is 2.16. The standard InChI is InChI=1S/C9H18NO/c1-10-6-3-9(4-7-10)5-8-11-2/h9H,1,3-8H2,2H3/q-1. The van der Waals surface area contributed by atoms with Crippen LogP contribution in [0.2, 0.25) is 0 Å². The molecular formula is C9H18NO-. The van der Waals surface area contributed by atoms with Gasteiger partial charge in [-0.1, -0.05) is 0 Å². The summed E-state index contributed by atoms with van der Waals surface area (Å²) < 4.78 is 5.04. The molecular weight excluding hydrogens is 138 g/mol. The predicted molar refractivity (Wildman–Crippen MR) is 46.1 cm³/mol. The molecule has 1 heterocycles. The van der Waals surface area contributed by atoms with Crippen LogP contribution in [0.15, 0.2) is 0 Å². The number of likely N-dealkylation sites (tertiary alicyclic amines) is 1. The lowest BCUT2D eigenvalue weighted by Crippen LogP contribution is -2.29. The third kappa shape index (κ3) is 3.21. The Morgan fingerprint density at radius 2 is 2.09 bits per heavy atom. The second-order valence-corrected chi connectivity index (χ2v) is 3.34. The predicted octanol–water partition coefficient (Wildman–Crippen LogP) is 1.53. The monoisotopic (exact) mass is 156 g/mol. The fourth-order valence-electron chi connectivity index (χ4n) is 1.56. The molecule has 0 N–H and O–H groups in total. The number of methoxy groups -OCH3 is 1. The van der Waals surface area contributed by atoms with Gasteiger partial charge in [0.25, 0.3) is 0 Å². The Labute approximate surface area is 69.5 Å². The van der Waals surface area contributed by atoms with Crippen molar-refractivity contribution >= 4 is 0 Å². The van der Waals surface area contributed by atoms with Crippen molar-refractivity contribution in [2.24, 2.45) is 5.92 Å². The lowest BCUT2D eigenvalue weighted by Gasteiger charge is -2.34. The Morgan fingerprint density at radius 1 is 1.45 bits per heavy atom. The first-order chi connectivity index (χ1) is 5.33. The highest BCUT2D eigenvalue weighted by atomic mass is 16.5. The van der Waals surface area contributed by atoms with E-state index in [2.05, 4.69) is 11.9 Å². The first-order valence-corrected chi connectivity index (χ1v) is 4.37. The van der Waals surface area contributed by atoms with Gasteiger partial charge in [-0.05, 0) is 38.3 Å². The van der Waals surface area contributed by atoms with E-state index < -0.39 is 0 Å². The average molecular weight is 156 g/mol. The van der Waals surface area contributed by atoms with Crippen molar-refractivity contribution in [3.8, 4) is 0 Å². The normalized spacial score (nSPS) is 22.4. The number of ether oxygens (including phenoxy) is 1. The minimum absolute atomic E-state index is 0.882. The van der Waals surface area contributed by atoms with E-state index in [0.717, 1.165) is 25.6 Å². The lowest BCUT2D eigenvalue weighted by atomic mass is 9.94. The van der Waals surface area contributed by atoms with Crippen LogP contribution >= 0.6 is 0 Å². The summed E-state index contributed by atoms with van der Waals surface area (Å²) in [5, 5.41) is 0. The molecule has 2 heteroatoms. The summed E-state index contributed by atoms with van der Waals surface area (Å²) in [6.45, 7) is 3.24.